The van der Waals surface area contributed by atoms with Gasteiger partial charge in [0.1, 0.15) is 5.75 Å². The number of halogens is 2. The highest BCUT2D eigenvalue weighted by molar-refractivity contribution is 5.66. The molecular weight excluding hydrogens is 386 g/mol. The van der Waals surface area contributed by atoms with E-state index in [1.165, 1.54) is 6.07 Å². The minimum Gasteiger partial charge on any atom is -0.493 e. The highest BCUT2D eigenvalue weighted by Crippen LogP contribution is 2.31. The molecule has 30 heavy (non-hydrogen) atoms. The van der Waals surface area contributed by atoms with Crippen LogP contribution in [-0.2, 0) is 4.74 Å². The van der Waals surface area contributed by atoms with Crippen molar-refractivity contribution in [2.45, 2.75) is 45.6 Å². The number of allylic oxidation sites excluding steroid dienone is 1. The van der Waals surface area contributed by atoms with Crippen molar-refractivity contribution in [3.8, 4) is 22.6 Å². The normalized spacial score (nSPS) is 19.2. The molecule has 2 aromatic rings. The predicted molar refractivity (Wildman–Crippen MR) is 115 cm³/mol. The SMILES string of the molecule is C/C=C/C1CCC(COc2ccc(-c3ccc(OCCCC)c(F)c3F)cc2)CO1. The molecule has 1 fully saturated rings. The largest absolute Gasteiger partial charge is 0.493 e. The van der Waals surface area contributed by atoms with Crippen LogP contribution in [0.1, 0.15) is 39.5 Å². The van der Waals surface area contributed by atoms with Crippen molar-refractivity contribution in [2.75, 3.05) is 19.8 Å². The summed E-state index contributed by atoms with van der Waals surface area (Å²) in [6.45, 7) is 5.65. The lowest BCUT2D eigenvalue weighted by molar-refractivity contribution is -0.00304. The molecule has 0 radical (unpaired) electrons. The molecule has 3 rings (SSSR count). The first-order valence-corrected chi connectivity index (χ1v) is 10.7. The van der Waals surface area contributed by atoms with E-state index in [0.29, 0.717) is 37.1 Å². The van der Waals surface area contributed by atoms with Gasteiger partial charge in [0.15, 0.2) is 11.6 Å². The van der Waals surface area contributed by atoms with Crippen LogP contribution in [0.4, 0.5) is 8.78 Å². The average molecular weight is 417 g/mol. The van der Waals surface area contributed by atoms with E-state index in [1.54, 1.807) is 30.3 Å². The molecule has 0 aliphatic carbocycles. The highest BCUT2D eigenvalue weighted by atomic mass is 19.2. The third-order valence-electron chi connectivity index (χ3n) is 5.27. The van der Waals surface area contributed by atoms with Crippen molar-refractivity contribution in [3.63, 3.8) is 0 Å². The Morgan fingerprint density at radius 2 is 1.83 bits per heavy atom. The minimum atomic E-state index is -0.947. The lowest BCUT2D eigenvalue weighted by Crippen LogP contribution is -2.28. The second-order valence-electron chi connectivity index (χ2n) is 7.62. The van der Waals surface area contributed by atoms with Gasteiger partial charge in [-0.1, -0.05) is 37.6 Å². The minimum absolute atomic E-state index is 0.0454. The molecular formula is C25H30F2O3. The van der Waals surface area contributed by atoms with Crippen LogP contribution in [0.3, 0.4) is 0 Å². The molecule has 0 spiro atoms. The fourth-order valence-electron chi connectivity index (χ4n) is 3.46. The Morgan fingerprint density at radius 3 is 2.50 bits per heavy atom. The van der Waals surface area contributed by atoms with Crippen LogP contribution in [0.5, 0.6) is 11.5 Å². The maximum absolute atomic E-state index is 14.5. The molecule has 2 aromatic carbocycles. The van der Waals surface area contributed by atoms with Crippen LogP contribution in [0, 0.1) is 17.6 Å². The smallest absolute Gasteiger partial charge is 0.201 e. The number of unbranched alkanes of at least 4 members (excludes halogenated alkanes) is 1. The first kappa shape index (κ1) is 22.3. The van der Waals surface area contributed by atoms with Gasteiger partial charge >= 0.3 is 0 Å². The van der Waals surface area contributed by atoms with E-state index in [2.05, 4.69) is 6.08 Å². The van der Waals surface area contributed by atoms with E-state index >= 15 is 0 Å². The lowest BCUT2D eigenvalue weighted by Gasteiger charge is -2.27. The number of hydrogen-bond acceptors (Lipinski definition) is 3. The summed E-state index contributed by atoms with van der Waals surface area (Å²) in [5.41, 5.74) is 0.798. The second kappa shape index (κ2) is 11.1. The van der Waals surface area contributed by atoms with E-state index < -0.39 is 11.6 Å². The van der Waals surface area contributed by atoms with Crippen LogP contribution in [0.15, 0.2) is 48.6 Å². The molecule has 1 aliphatic rings. The van der Waals surface area contributed by atoms with E-state index in [4.69, 9.17) is 14.2 Å². The first-order valence-electron chi connectivity index (χ1n) is 10.7. The molecule has 0 aromatic heterocycles. The van der Waals surface area contributed by atoms with E-state index in [1.807, 2.05) is 19.9 Å². The topological polar surface area (TPSA) is 27.7 Å². The molecule has 1 heterocycles. The fraction of sp³-hybridized carbons (Fsp3) is 0.440. The van der Waals surface area contributed by atoms with Crippen molar-refractivity contribution >= 4 is 0 Å². The van der Waals surface area contributed by atoms with Crippen LogP contribution in [0.2, 0.25) is 0 Å². The third-order valence-corrected chi connectivity index (χ3v) is 5.27. The van der Waals surface area contributed by atoms with E-state index in [0.717, 1.165) is 25.7 Å². The Kier molecular flexibility index (Phi) is 8.26. The van der Waals surface area contributed by atoms with Gasteiger partial charge in [0.2, 0.25) is 5.82 Å². The number of benzene rings is 2. The molecule has 1 saturated heterocycles. The zero-order valence-electron chi connectivity index (χ0n) is 17.7. The van der Waals surface area contributed by atoms with Crippen molar-refractivity contribution in [2.24, 2.45) is 5.92 Å². The summed E-state index contributed by atoms with van der Waals surface area (Å²) in [5, 5.41) is 0. The van der Waals surface area contributed by atoms with Gasteiger partial charge in [0, 0.05) is 11.5 Å². The van der Waals surface area contributed by atoms with Gasteiger partial charge in [-0.2, -0.15) is 4.39 Å². The molecule has 0 amide bonds. The van der Waals surface area contributed by atoms with E-state index in [9.17, 15) is 8.78 Å². The average Bonchev–Trinajstić information content (AvgIpc) is 2.77. The molecule has 2 atom stereocenters. The number of hydrogen-bond donors (Lipinski definition) is 0. The Bertz CT molecular complexity index is 825. The maximum atomic E-state index is 14.5. The quantitative estimate of drug-likeness (QED) is 0.342. The van der Waals surface area contributed by atoms with Gasteiger partial charge in [-0.3, -0.25) is 0 Å². The molecule has 3 nitrogen and oxygen atoms in total. The highest BCUT2D eigenvalue weighted by Gasteiger charge is 2.20. The van der Waals surface area contributed by atoms with E-state index in [-0.39, 0.29) is 17.4 Å². The van der Waals surface area contributed by atoms with Gasteiger partial charge in [-0.15, -0.1) is 0 Å². The predicted octanol–water partition coefficient (Wildman–Crippen LogP) is 6.56. The van der Waals surface area contributed by atoms with Crippen molar-refractivity contribution in [1.29, 1.82) is 0 Å². The number of rotatable bonds is 9. The zero-order chi connectivity index (χ0) is 21.3. The summed E-state index contributed by atoms with van der Waals surface area (Å²) >= 11 is 0. The molecule has 0 bridgehead atoms. The third kappa shape index (κ3) is 5.82. The number of ether oxygens (including phenoxy) is 3. The van der Waals surface area contributed by atoms with Gasteiger partial charge < -0.3 is 14.2 Å². The Labute approximate surface area is 177 Å². The molecule has 162 valence electrons. The van der Waals surface area contributed by atoms with Crippen LogP contribution in [-0.4, -0.2) is 25.9 Å². The Balaban J connectivity index is 1.57. The van der Waals surface area contributed by atoms with Crippen LogP contribution < -0.4 is 9.47 Å². The molecule has 0 saturated carbocycles. The first-order chi connectivity index (χ1) is 14.6. The molecule has 5 heteroatoms. The second-order valence-corrected chi connectivity index (χ2v) is 7.62. The van der Waals surface area contributed by atoms with Gasteiger partial charge in [-0.25, -0.2) is 4.39 Å². The van der Waals surface area contributed by atoms with Crippen molar-refractivity contribution < 1.29 is 23.0 Å². The van der Waals surface area contributed by atoms with Gasteiger partial charge in [0.05, 0.1) is 25.9 Å². The summed E-state index contributed by atoms with van der Waals surface area (Å²) in [6.07, 6.45) is 8.11. The Morgan fingerprint density at radius 1 is 1.03 bits per heavy atom. The maximum Gasteiger partial charge on any atom is 0.201 e. The Hall–Kier alpha value is -2.40. The fourth-order valence-corrected chi connectivity index (χ4v) is 3.46. The van der Waals surface area contributed by atoms with Crippen molar-refractivity contribution in [3.05, 3.63) is 60.2 Å². The van der Waals surface area contributed by atoms with Crippen LogP contribution in [0.25, 0.3) is 11.1 Å². The summed E-state index contributed by atoms with van der Waals surface area (Å²) < 4.78 is 45.9. The standard InChI is InChI=1S/C25H30F2O3/c1-3-5-15-28-23-14-13-22(24(26)25(23)27)19-8-11-21(12-9-19)30-17-18-7-10-20(6-4-2)29-16-18/h4,6,8-9,11-14,18,20H,3,5,7,10,15-17H2,1-2H3/b6-4+. The van der Waals surface area contributed by atoms with Crippen molar-refractivity contribution in [1.82, 2.24) is 0 Å². The van der Waals surface area contributed by atoms with Gasteiger partial charge in [-0.05, 0) is 56.0 Å². The summed E-state index contributed by atoms with van der Waals surface area (Å²) in [4.78, 5) is 0. The van der Waals surface area contributed by atoms with Gasteiger partial charge in [0.25, 0.3) is 0 Å². The summed E-state index contributed by atoms with van der Waals surface area (Å²) in [7, 11) is 0. The summed E-state index contributed by atoms with van der Waals surface area (Å²) in [6, 6.07) is 10.1. The molecule has 2 unspecified atom stereocenters. The zero-order valence-corrected chi connectivity index (χ0v) is 17.7. The molecule has 1 aliphatic heterocycles. The monoisotopic (exact) mass is 416 g/mol. The summed E-state index contributed by atoms with van der Waals surface area (Å²) in [5.74, 6) is -0.825. The van der Waals surface area contributed by atoms with Crippen LogP contribution >= 0.6 is 0 Å². The lowest BCUT2D eigenvalue weighted by atomic mass is 9.99. The molecule has 0 N–H and O–H groups in total.